The molecule has 6 heteroatoms. The number of carbonyl (C=O) groups excluding carboxylic acids is 3. The highest BCUT2D eigenvalue weighted by Gasteiger charge is 2.14. The van der Waals surface area contributed by atoms with E-state index in [4.69, 9.17) is 9.47 Å². The topological polar surface area (TPSA) is 78.9 Å². The molecule has 0 aliphatic carbocycles. The Morgan fingerprint density at radius 3 is 1.06 bits per heavy atom. The van der Waals surface area contributed by atoms with E-state index in [9.17, 15) is 14.4 Å². The number of carbonyl (C=O) groups is 3. The van der Waals surface area contributed by atoms with E-state index < -0.39 is 5.97 Å². The molecule has 47 heavy (non-hydrogen) atoms. The highest BCUT2D eigenvalue weighted by molar-refractivity contribution is 5.93. The van der Waals surface area contributed by atoms with Gasteiger partial charge in [0.15, 0.2) is 0 Å². The van der Waals surface area contributed by atoms with Crippen molar-refractivity contribution >= 4 is 17.9 Å². The molecule has 0 aromatic heterocycles. The van der Waals surface area contributed by atoms with Crippen LogP contribution in [0.25, 0.3) is 0 Å². The van der Waals surface area contributed by atoms with Crippen LogP contribution in [0.1, 0.15) is 207 Å². The van der Waals surface area contributed by atoms with E-state index in [1.165, 1.54) is 161 Å². The van der Waals surface area contributed by atoms with Gasteiger partial charge in [-0.25, -0.2) is 4.79 Å². The van der Waals surface area contributed by atoms with Crippen LogP contribution >= 0.6 is 0 Å². The van der Waals surface area contributed by atoms with Gasteiger partial charge in [0, 0.05) is 12.5 Å². The molecule has 0 heterocycles. The van der Waals surface area contributed by atoms with E-state index in [1.807, 2.05) is 0 Å². The molecule has 0 radical (unpaired) electrons. The third-order valence-corrected chi connectivity index (χ3v) is 8.39. The fourth-order valence-electron chi connectivity index (χ4n) is 5.46. The monoisotopic (exact) mass is 665 g/mol. The van der Waals surface area contributed by atoms with Crippen molar-refractivity contribution in [2.24, 2.45) is 0 Å². The third kappa shape index (κ3) is 41.9. The lowest BCUT2D eigenvalue weighted by molar-refractivity contribution is -0.146. The van der Waals surface area contributed by atoms with E-state index in [0.29, 0.717) is 13.2 Å². The zero-order valence-corrected chi connectivity index (χ0v) is 31.4. The minimum absolute atomic E-state index is 0.0732. The zero-order valence-electron chi connectivity index (χ0n) is 31.4. The Bertz CT molecular complexity index is 731. The molecule has 0 saturated heterocycles. The summed E-state index contributed by atoms with van der Waals surface area (Å²) in [5, 5.41) is 0. The maximum Gasteiger partial charge on any atom is 0.333 e. The minimum atomic E-state index is -0.465. The summed E-state index contributed by atoms with van der Waals surface area (Å²) in [4.78, 5) is 33.9. The maximum absolute atomic E-state index is 12.1. The summed E-state index contributed by atoms with van der Waals surface area (Å²) in [5.41, 5.74) is 0.196. The van der Waals surface area contributed by atoms with Crippen LogP contribution in [0, 0.1) is 0 Å². The van der Waals surface area contributed by atoms with Gasteiger partial charge in [0.2, 0.25) is 0 Å². The van der Waals surface area contributed by atoms with Crippen LogP contribution in [0.15, 0.2) is 25.0 Å². The van der Waals surface area contributed by atoms with Crippen molar-refractivity contribution in [3.8, 4) is 0 Å². The Hall–Kier alpha value is -2.11. The molecule has 0 aliphatic heterocycles. The standard InChI is InChI=1S/C37H70O4.C4H6O2/c1-4-6-8-10-12-14-16-18-20-22-24-26-28-30-32-40-36(38)34-35(3)37(39)41-33-31-29-27-25-23-21-19-17-15-13-11-9-7-5-2;1-3-6-4(2)5/h3-34H2,1-2H3;3H,1H2,2H3. The molecular weight excluding hydrogens is 588 g/mol. The van der Waals surface area contributed by atoms with Crippen LogP contribution < -0.4 is 0 Å². The van der Waals surface area contributed by atoms with E-state index in [1.54, 1.807) is 0 Å². The Morgan fingerprint density at radius 2 is 0.787 bits per heavy atom. The normalized spacial score (nSPS) is 10.5. The van der Waals surface area contributed by atoms with Crippen LogP contribution in [0.3, 0.4) is 0 Å². The van der Waals surface area contributed by atoms with Gasteiger partial charge >= 0.3 is 17.9 Å². The Morgan fingerprint density at radius 1 is 0.489 bits per heavy atom. The van der Waals surface area contributed by atoms with Crippen molar-refractivity contribution in [2.75, 3.05) is 13.2 Å². The molecule has 0 amide bonds. The average Bonchev–Trinajstić information content (AvgIpc) is 3.04. The minimum Gasteiger partial charge on any atom is -0.465 e. The van der Waals surface area contributed by atoms with Crippen molar-refractivity contribution < 1.29 is 28.6 Å². The lowest BCUT2D eigenvalue weighted by Crippen LogP contribution is -2.14. The van der Waals surface area contributed by atoms with Crippen molar-refractivity contribution in [2.45, 2.75) is 207 Å². The van der Waals surface area contributed by atoms with E-state index >= 15 is 0 Å². The van der Waals surface area contributed by atoms with Gasteiger partial charge in [-0.05, 0) is 12.8 Å². The number of unbranched alkanes of at least 4 members (excludes halogenated alkanes) is 26. The lowest BCUT2D eigenvalue weighted by Gasteiger charge is -2.08. The van der Waals surface area contributed by atoms with Crippen molar-refractivity contribution in [1.29, 1.82) is 0 Å². The summed E-state index contributed by atoms with van der Waals surface area (Å²) in [5.74, 6) is -1.17. The first-order valence-electron chi connectivity index (χ1n) is 19.7. The van der Waals surface area contributed by atoms with Crippen molar-refractivity contribution in [3.05, 3.63) is 25.0 Å². The third-order valence-electron chi connectivity index (χ3n) is 8.39. The first kappa shape index (κ1) is 47.0. The molecule has 0 aromatic rings. The summed E-state index contributed by atoms with van der Waals surface area (Å²) >= 11 is 0. The molecule has 0 aliphatic rings. The first-order valence-corrected chi connectivity index (χ1v) is 19.7. The molecule has 0 rings (SSSR count). The zero-order chi connectivity index (χ0) is 35.1. The fourth-order valence-corrected chi connectivity index (χ4v) is 5.46. The van der Waals surface area contributed by atoms with E-state index in [2.05, 4.69) is 31.7 Å². The molecule has 6 nitrogen and oxygen atoms in total. The number of hydrogen-bond donors (Lipinski definition) is 0. The molecule has 0 saturated carbocycles. The smallest absolute Gasteiger partial charge is 0.333 e. The summed E-state index contributed by atoms with van der Waals surface area (Å²) in [6, 6.07) is 0. The van der Waals surface area contributed by atoms with Gasteiger partial charge in [-0.2, -0.15) is 0 Å². The predicted molar refractivity (Wildman–Crippen MR) is 198 cm³/mol. The van der Waals surface area contributed by atoms with Crippen molar-refractivity contribution in [1.82, 2.24) is 0 Å². The average molecular weight is 665 g/mol. The van der Waals surface area contributed by atoms with Crippen LogP contribution in [0.4, 0.5) is 0 Å². The molecule has 0 aromatic carbocycles. The van der Waals surface area contributed by atoms with Gasteiger partial charge < -0.3 is 14.2 Å². The quantitative estimate of drug-likeness (QED) is 0.0224. The van der Waals surface area contributed by atoms with Gasteiger partial charge in [-0.3, -0.25) is 9.59 Å². The molecule has 0 bridgehead atoms. The number of esters is 3. The second-order valence-corrected chi connectivity index (χ2v) is 13.1. The van der Waals surface area contributed by atoms with Gasteiger partial charge in [-0.15, -0.1) is 0 Å². The lowest BCUT2D eigenvalue weighted by atomic mass is 10.0. The van der Waals surface area contributed by atoms with Gasteiger partial charge in [0.1, 0.15) is 0 Å². The number of hydrogen-bond acceptors (Lipinski definition) is 6. The molecular formula is C41H76O6. The summed E-state index contributed by atoms with van der Waals surface area (Å²) < 4.78 is 14.8. The Kier molecular flexibility index (Phi) is 40.1. The van der Waals surface area contributed by atoms with Gasteiger partial charge in [0.05, 0.1) is 25.9 Å². The number of ether oxygens (including phenoxy) is 3. The van der Waals surface area contributed by atoms with Crippen LogP contribution in [0.5, 0.6) is 0 Å². The van der Waals surface area contributed by atoms with E-state index in [-0.39, 0.29) is 23.9 Å². The molecule has 276 valence electrons. The first-order chi connectivity index (χ1) is 22.9. The predicted octanol–water partition coefficient (Wildman–Crippen LogP) is 12.7. The molecule has 0 fully saturated rings. The summed E-state index contributed by atoms with van der Waals surface area (Å²) in [6.45, 7) is 13.6. The number of rotatable bonds is 34. The maximum atomic E-state index is 12.1. The largest absolute Gasteiger partial charge is 0.465 e. The highest BCUT2D eigenvalue weighted by Crippen LogP contribution is 2.15. The molecule has 0 unspecified atom stereocenters. The Labute approximate surface area is 291 Å². The summed E-state index contributed by atoms with van der Waals surface area (Å²) in [6.07, 6.45) is 37.4. The Balaban J connectivity index is 0. The van der Waals surface area contributed by atoms with Crippen LogP contribution in [-0.4, -0.2) is 31.1 Å². The molecule has 0 N–H and O–H groups in total. The highest BCUT2D eigenvalue weighted by atomic mass is 16.5. The molecule has 0 spiro atoms. The van der Waals surface area contributed by atoms with Gasteiger partial charge in [0.25, 0.3) is 0 Å². The second kappa shape index (κ2) is 40.1. The summed E-state index contributed by atoms with van der Waals surface area (Å²) in [7, 11) is 0. The van der Waals surface area contributed by atoms with Crippen molar-refractivity contribution in [3.63, 3.8) is 0 Å². The fraction of sp³-hybridized carbons (Fsp3) is 0.829. The van der Waals surface area contributed by atoms with Gasteiger partial charge in [-0.1, -0.05) is 194 Å². The van der Waals surface area contributed by atoms with Crippen LogP contribution in [-0.2, 0) is 28.6 Å². The second-order valence-electron chi connectivity index (χ2n) is 13.1. The molecule has 0 atom stereocenters. The SMILES string of the molecule is C=C(CC(=O)OCCCCCCCCCCCCCCCC)C(=O)OCCCCCCCCCCCCCCCC.C=COC(C)=O. The van der Waals surface area contributed by atoms with E-state index in [0.717, 1.165) is 31.9 Å². The van der Waals surface area contributed by atoms with Crippen LogP contribution in [0.2, 0.25) is 0 Å².